The molecule has 0 aliphatic carbocycles. The van der Waals surface area contributed by atoms with Gasteiger partial charge in [-0.05, 0) is 18.2 Å². The van der Waals surface area contributed by atoms with E-state index in [1.165, 1.54) is 18.2 Å². The number of pyridine rings is 1. The van der Waals surface area contributed by atoms with Crippen LogP contribution in [0.2, 0.25) is 0 Å². The molecule has 0 aliphatic heterocycles. The van der Waals surface area contributed by atoms with Gasteiger partial charge in [-0.3, -0.25) is 4.98 Å². The summed E-state index contributed by atoms with van der Waals surface area (Å²) in [5, 5.41) is 0.0773. The molecule has 2 nitrogen and oxygen atoms in total. The van der Waals surface area contributed by atoms with E-state index < -0.39 is 24.2 Å². The SMILES string of the molecule is FC(F)(F)C(Oc1ccnc2ccccc12)C(F)(F)F. The number of aromatic nitrogens is 1. The lowest BCUT2D eigenvalue weighted by molar-refractivity contribution is -0.299. The Morgan fingerprint density at radius 3 is 2.10 bits per heavy atom. The fourth-order valence-corrected chi connectivity index (χ4v) is 1.62. The number of hydrogen-bond acceptors (Lipinski definition) is 2. The number of alkyl halides is 6. The van der Waals surface area contributed by atoms with Gasteiger partial charge in [0, 0.05) is 11.6 Å². The van der Waals surface area contributed by atoms with Crippen LogP contribution in [0.15, 0.2) is 36.5 Å². The molecule has 1 heterocycles. The lowest BCUT2D eigenvalue weighted by Gasteiger charge is -2.24. The minimum atomic E-state index is -5.55. The first-order valence-corrected chi connectivity index (χ1v) is 5.33. The molecule has 2 aromatic rings. The summed E-state index contributed by atoms with van der Waals surface area (Å²) in [7, 11) is 0. The smallest absolute Gasteiger partial charge is 0.434 e. The maximum Gasteiger partial charge on any atom is 0.434 e. The Labute approximate surface area is 109 Å². The van der Waals surface area contributed by atoms with Gasteiger partial charge in [0.2, 0.25) is 0 Å². The van der Waals surface area contributed by atoms with E-state index in [9.17, 15) is 26.3 Å². The van der Waals surface area contributed by atoms with Gasteiger partial charge in [-0.15, -0.1) is 0 Å². The number of rotatable bonds is 2. The number of hydrogen-bond donors (Lipinski definition) is 0. The molecular formula is C12H7F6NO. The average Bonchev–Trinajstić information content (AvgIpc) is 2.33. The van der Waals surface area contributed by atoms with Crippen LogP contribution < -0.4 is 4.74 Å². The molecule has 0 aliphatic rings. The van der Waals surface area contributed by atoms with Crippen molar-refractivity contribution in [3.8, 4) is 5.75 Å². The molecular weight excluding hydrogens is 288 g/mol. The van der Waals surface area contributed by atoms with Gasteiger partial charge in [0.1, 0.15) is 5.75 Å². The lowest BCUT2D eigenvalue weighted by Crippen LogP contribution is -2.46. The Morgan fingerprint density at radius 2 is 1.50 bits per heavy atom. The monoisotopic (exact) mass is 295 g/mol. The van der Waals surface area contributed by atoms with E-state index in [0.29, 0.717) is 0 Å². The number of fused-ring (bicyclic) bond motifs is 1. The zero-order valence-corrected chi connectivity index (χ0v) is 9.66. The molecule has 2 rings (SSSR count). The van der Waals surface area contributed by atoms with E-state index in [1.807, 2.05) is 0 Å². The van der Waals surface area contributed by atoms with E-state index in [0.717, 1.165) is 12.3 Å². The highest BCUT2D eigenvalue weighted by Gasteiger charge is 2.59. The molecule has 20 heavy (non-hydrogen) atoms. The van der Waals surface area contributed by atoms with Gasteiger partial charge < -0.3 is 4.74 Å². The third kappa shape index (κ3) is 2.94. The van der Waals surface area contributed by atoms with Gasteiger partial charge in [0.25, 0.3) is 6.10 Å². The van der Waals surface area contributed by atoms with Crippen LogP contribution >= 0.6 is 0 Å². The van der Waals surface area contributed by atoms with Crippen LogP contribution in [-0.4, -0.2) is 23.4 Å². The highest BCUT2D eigenvalue weighted by atomic mass is 19.4. The van der Waals surface area contributed by atoms with Crippen LogP contribution in [0.4, 0.5) is 26.3 Å². The van der Waals surface area contributed by atoms with Crippen molar-refractivity contribution in [3.05, 3.63) is 36.5 Å². The Bertz CT molecular complexity index is 587. The normalized spacial score (nSPS) is 12.9. The third-order valence-electron chi connectivity index (χ3n) is 2.45. The molecule has 1 aromatic carbocycles. The third-order valence-corrected chi connectivity index (χ3v) is 2.45. The molecule has 0 unspecified atom stereocenters. The number of para-hydroxylation sites is 1. The summed E-state index contributed by atoms with van der Waals surface area (Å²) in [6, 6.07) is 6.78. The predicted octanol–water partition coefficient (Wildman–Crippen LogP) is 4.11. The van der Waals surface area contributed by atoms with Gasteiger partial charge in [0.05, 0.1) is 5.52 Å². The van der Waals surface area contributed by atoms with Crippen molar-refractivity contribution in [2.24, 2.45) is 0 Å². The molecule has 0 spiro atoms. The van der Waals surface area contributed by atoms with Gasteiger partial charge in [-0.2, -0.15) is 26.3 Å². The van der Waals surface area contributed by atoms with Crippen molar-refractivity contribution in [3.63, 3.8) is 0 Å². The standard InChI is InChI=1S/C12H7F6NO/c13-11(14,15)10(12(16,17)18)20-9-5-6-19-8-4-2-1-3-7(8)9/h1-6,10H. The molecule has 8 heteroatoms. The van der Waals surface area contributed by atoms with E-state index >= 15 is 0 Å². The molecule has 0 atom stereocenters. The van der Waals surface area contributed by atoms with E-state index in [4.69, 9.17) is 0 Å². The second-order valence-corrected chi connectivity index (χ2v) is 3.91. The number of ether oxygens (including phenoxy) is 1. The van der Waals surface area contributed by atoms with Gasteiger partial charge in [-0.1, -0.05) is 12.1 Å². The van der Waals surface area contributed by atoms with E-state index in [-0.39, 0.29) is 10.9 Å². The molecule has 0 saturated carbocycles. The van der Waals surface area contributed by atoms with Crippen LogP contribution in [0.3, 0.4) is 0 Å². The molecule has 0 fully saturated rings. The Morgan fingerprint density at radius 1 is 0.900 bits per heavy atom. The molecule has 0 amide bonds. The maximum atomic E-state index is 12.4. The van der Waals surface area contributed by atoms with Crippen LogP contribution in [-0.2, 0) is 0 Å². The Kier molecular flexibility index (Phi) is 3.49. The zero-order chi connectivity index (χ0) is 15.0. The van der Waals surface area contributed by atoms with Gasteiger partial charge >= 0.3 is 12.4 Å². The summed E-state index contributed by atoms with van der Waals surface area (Å²) in [5.41, 5.74) is 0.244. The summed E-state index contributed by atoms with van der Waals surface area (Å²) < 4.78 is 78.8. The Hall–Kier alpha value is -1.99. The number of nitrogens with zero attached hydrogens (tertiary/aromatic N) is 1. The van der Waals surface area contributed by atoms with Crippen LogP contribution in [0, 0.1) is 0 Å². The first-order valence-electron chi connectivity index (χ1n) is 5.33. The topological polar surface area (TPSA) is 22.1 Å². The predicted molar refractivity (Wildman–Crippen MR) is 58.3 cm³/mol. The number of benzene rings is 1. The fourth-order valence-electron chi connectivity index (χ4n) is 1.62. The van der Waals surface area contributed by atoms with Crippen molar-refractivity contribution in [2.45, 2.75) is 18.5 Å². The first-order chi connectivity index (χ1) is 9.19. The van der Waals surface area contributed by atoms with Crippen molar-refractivity contribution >= 4 is 10.9 Å². The molecule has 0 radical (unpaired) electrons. The van der Waals surface area contributed by atoms with Crippen molar-refractivity contribution < 1.29 is 31.1 Å². The largest absolute Gasteiger partial charge is 0.471 e. The second-order valence-electron chi connectivity index (χ2n) is 3.91. The summed E-state index contributed by atoms with van der Waals surface area (Å²) in [5.74, 6) is -0.518. The van der Waals surface area contributed by atoms with E-state index in [2.05, 4.69) is 9.72 Å². The molecule has 1 aromatic heterocycles. The summed E-state index contributed by atoms with van der Waals surface area (Å²) >= 11 is 0. The molecule has 108 valence electrons. The van der Waals surface area contributed by atoms with E-state index in [1.54, 1.807) is 6.07 Å². The zero-order valence-electron chi connectivity index (χ0n) is 9.66. The van der Waals surface area contributed by atoms with Crippen molar-refractivity contribution in [1.82, 2.24) is 4.98 Å². The highest BCUT2D eigenvalue weighted by molar-refractivity contribution is 5.84. The number of halogens is 6. The second kappa shape index (κ2) is 4.84. The van der Waals surface area contributed by atoms with Crippen LogP contribution in [0.25, 0.3) is 10.9 Å². The molecule has 0 saturated heterocycles. The quantitative estimate of drug-likeness (QED) is 0.778. The highest BCUT2D eigenvalue weighted by Crippen LogP contribution is 2.37. The average molecular weight is 295 g/mol. The minimum Gasteiger partial charge on any atom is -0.471 e. The minimum absolute atomic E-state index is 0.0773. The van der Waals surface area contributed by atoms with Gasteiger partial charge in [-0.25, -0.2) is 0 Å². The molecule has 0 N–H and O–H groups in total. The van der Waals surface area contributed by atoms with Crippen molar-refractivity contribution in [1.29, 1.82) is 0 Å². The fraction of sp³-hybridized carbons (Fsp3) is 0.250. The first kappa shape index (κ1) is 14.4. The van der Waals surface area contributed by atoms with Crippen molar-refractivity contribution in [2.75, 3.05) is 0 Å². The lowest BCUT2D eigenvalue weighted by atomic mass is 10.2. The summed E-state index contributed by atoms with van der Waals surface area (Å²) in [6.45, 7) is 0. The Balaban J connectivity index is 2.44. The van der Waals surface area contributed by atoms with Crippen LogP contribution in [0.5, 0.6) is 5.75 Å². The maximum absolute atomic E-state index is 12.4. The summed E-state index contributed by atoms with van der Waals surface area (Å²) in [4.78, 5) is 3.83. The molecule has 0 bridgehead atoms. The van der Waals surface area contributed by atoms with Gasteiger partial charge in [0.15, 0.2) is 0 Å². The van der Waals surface area contributed by atoms with Crippen LogP contribution in [0.1, 0.15) is 0 Å². The summed E-state index contributed by atoms with van der Waals surface area (Å²) in [6.07, 6.45) is -13.9.